The summed E-state index contributed by atoms with van der Waals surface area (Å²) in [7, 11) is 0. The van der Waals surface area contributed by atoms with Crippen LogP contribution in [0.25, 0.3) is 0 Å². The first-order valence-corrected chi connectivity index (χ1v) is 9.27. The Balaban J connectivity index is 1.69. The summed E-state index contributed by atoms with van der Waals surface area (Å²) < 4.78 is 45.5. The summed E-state index contributed by atoms with van der Waals surface area (Å²) in [5.41, 5.74) is 3.96. The van der Waals surface area contributed by atoms with E-state index in [4.69, 9.17) is 10.5 Å². The van der Waals surface area contributed by atoms with Crippen molar-refractivity contribution in [3.8, 4) is 11.5 Å². The Bertz CT molecular complexity index is 952. The lowest BCUT2D eigenvalue weighted by Crippen LogP contribution is -2.40. The lowest BCUT2D eigenvalue weighted by Gasteiger charge is -2.16. The van der Waals surface area contributed by atoms with Crippen LogP contribution in [0.5, 0.6) is 11.5 Å². The number of benzene rings is 2. The molecule has 2 aromatic rings. The summed E-state index contributed by atoms with van der Waals surface area (Å²) in [6.45, 7) is 1.52. The van der Waals surface area contributed by atoms with E-state index in [2.05, 4.69) is 5.32 Å². The van der Waals surface area contributed by atoms with Crippen molar-refractivity contribution in [2.24, 2.45) is 11.1 Å². The molecule has 9 heteroatoms. The number of hydrogen-bond acceptors (Lipinski definition) is 4. The van der Waals surface area contributed by atoms with Crippen molar-refractivity contribution in [2.75, 3.05) is 0 Å². The van der Waals surface area contributed by atoms with Crippen molar-refractivity contribution in [3.63, 3.8) is 0 Å². The monoisotopic (exact) mass is 422 g/mol. The van der Waals surface area contributed by atoms with E-state index in [9.17, 15) is 27.9 Å². The molecule has 2 aromatic carbocycles. The Morgan fingerprint density at radius 3 is 2.33 bits per heavy atom. The molecule has 30 heavy (non-hydrogen) atoms. The Morgan fingerprint density at radius 1 is 1.20 bits per heavy atom. The van der Waals surface area contributed by atoms with Crippen molar-refractivity contribution in [1.82, 2.24) is 5.32 Å². The lowest BCUT2D eigenvalue weighted by molar-refractivity contribution is -0.139. The SMILES string of the molecule is CC(O)c1ccc(Oc2ccc(CNC(=O)C3(C(N)=O)CC3)cc2)c(C(F)(F)F)c1. The first-order chi connectivity index (χ1) is 14.0. The third kappa shape index (κ3) is 4.56. The number of carbonyl (C=O) groups is 2. The quantitative estimate of drug-likeness (QED) is 0.595. The van der Waals surface area contributed by atoms with E-state index in [0.29, 0.717) is 18.4 Å². The normalized spacial score (nSPS) is 15.9. The molecule has 1 aliphatic carbocycles. The highest BCUT2D eigenvalue weighted by molar-refractivity contribution is 6.07. The molecule has 3 rings (SSSR count). The summed E-state index contributed by atoms with van der Waals surface area (Å²) in [5, 5.41) is 12.2. The summed E-state index contributed by atoms with van der Waals surface area (Å²) >= 11 is 0. The largest absolute Gasteiger partial charge is 0.457 e. The van der Waals surface area contributed by atoms with E-state index in [0.717, 1.165) is 12.1 Å². The van der Waals surface area contributed by atoms with E-state index in [-0.39, 0.29) is 23.6 Å². The average Bonchev–Trinajstić information content (AvgIpc) is 3.49. The minimum absolute atomic E-state index is 0.130. The van der Waals surface area contributed by atoms with Crippen LogP contribution >= 0.6 is 0 Å². The zero-order valence-electron chi connectivity index (χ0n) is 16.1. The Hall–Kier alpha value is -3.07. The molecule has 4 N–H and O–H groups in total. The number of alkyl halides is 3. The molecule has 0 saturated heterocycles. The van der Waals surface area contributed by atoms with Crippen LogP contribution in [0, 0.1) is 5.41 Å². The second-order valence-electron chi connectivity index (χ2n) is 7.30. The zero-order valence-corrected chi connectivity index (χ0v) is 16.1. The topological polar surface area (TPSA) is 102 Å². The number of aliphatic hydroxyl groups excluding tert-OH is 1. The molecule has 0 spiro atoms. The Labute approximate surface area is 170 Å². The van der Waals surface area contributed by atoms with E-state index in [1.807, 2.05) is 0 Å². The first kappa shape index (κ1) is 21.6. The van der Waals surface area contributed by atoms with Crippen molar-refractivity contribution in [1.29, 1.82) is 0 Å². The third-order valence-corrected chi connectivity index (χ3v) is 5.05. The number of aliphatic hydroxyl groups is 1. The van der Waals surface area contributed by atoms with Gasteiger partial charge in [-0.1, -0.05) is 18.2 Å². The molecule has 1 atom stereocenters. The molecule has 1 unspecified atom stereocenters. The lowest BCUT2D eigenvalue weighted by atomic mass is 10.1. The standard InChI is InChI=1S/C21H21F3N2O4/c1-12(27)14-4-7-17(16(10-14)21(22,23)24)30-15-5-2-13(3-6-15)11-26-19(29)20(8-9-20)18(25)28/h2-7,10,12,27H,8-9,11H2,1H3,(H2,25,28)(H,26,29). The zero-order chi connectivity index (χ0) is 22.1. The minimum Gasteiger partial charge on any atom is -0.457 e. The minimum atomic E-state index is -4.65. The van der Waals surface area contributed by atoms with Gasteiger partial charge >= 0.3 is 6.18 Å². The number of nitrogens with two attached hydrogens (primary N) is 1. The van der Waals surface area contributed by atoms with Crippen LogP contribution in [0.2, 0.25) is 0 Å². The summed E-state index contributed by atoms with van der Waals surface area (Å²) in [6, 6.07) is 9.53. The molecule has 0 radical (unpaired) electrons. The summed E-state index contributed by atoms with van der Waals surface area (Å²) in [5.74, 6) is -1.28. The maximum absolute atomic E-state index is 13.4. The maximum atomic E-state index is 13.4. The van der Waals surface area contributed by atoms with Crippen LogP contribution < -0.4 is 15.8 Å². The first-order valence-electron chi connectivity index (χ1n) is 9.27. The molecule has 1 aliphatic rings. The van der Waals surface area contributed by atoms with Gasteiger partial charge in [0.1, 0.15) is 16.9 Å². The molecule has 160 valence electrons. The van der Waals surface area contributed by atoms with E-state index in [1.54, 1.807) is 12.1 Å². The fourth-order valence-corrected chi connectivity index (χ4v) is 2.98. The van der Waals surface area contributed by atoms with Crippen LogP contribution in [0.3, 0.4) is 0 Å². The molecule has 2 amide bonds. The molecule has 0 bridgehead atoms. The van der Waals surface area contributed by atoms with Gasteiger partial charge in [0, 0.05) is 6.54 Å². The maximum Gasteiger partial charge on any atom is 0.419 e. The van der Waals surface area contributed by atoms with Gasteiger partial charge in [-0.3, -0.25) is 9.59 Å². The highest BCUT2D eigenvalue weighted by Crippen LogP contribution is 2.45. The van der Waals surface area contributed by atoms with Gasteiger partial charge in [0.05, 0.1) is 11.7 Å². The molecule has 0 aromatic heterocycles. The molecule has 0 aliphatic heterocycles. The van der Waals surface area contributed by atoms with Crippen molar-refractivity contribution in [2.45, 2.75) is 38.6 Å². The van der Waals surface area contributed by atoms with Gasteiger partial charge in [-0.05, 0) is 55.2 Å². The van der Waals surface area contributed by atoms with Crippen LogP contribution in [-0.4, -0.2) is 16.9 Å². The highest BCUT2D eigenvalue weighted by atomic mass is 19.4. The fourth-order valence-electron chi connectivity index (χ4n) is 2.98. The van der Waals surface area contributed by atoms with Gasteiger partial charge in [0.2, 0.25) is 11.8 Å². The van der Waals surface area contributed by atoms with Crippen molar-refractivity contribution < 1.29 is 32.6 Å². The van der Waals surface area contributed by atoms with Gasteiger partial charge in [-0.25, -0.2) is 0 Å². The summed E-state index contributed by atoms with van der Waals surface area (Å²) in [6.07, 6.45) is -4.84. The summed E-state index contributed by atoms with van der Waals surface area (Å²) in [4.78, 5) is 23.5. The van der Waals surface area contributed by atoms with E-state index < -0.39 is 35.1 Å². The van der Waals surface area contributed by atoms with Crippen molar-refractivity contribution in [3.05, 3.63) is 59.2 Å². The van der Waals surface area contributed by atoms with Crippen molar-refractivity contribution >= 4 is 11.8 Å². The van der Waals surface area contributed by atoms with E-state index in [1.165, 1.54) is 25.1 Å². The molecule has 6 nitrogen and oxygen atoms in total. The smallest absolute Gasteiger partial charge is 0.419 e. The number of carbonyl (C=O) groups excluding carboxylic acids is 2. The number of rotatable bonds is 7. The highest BCUT2D eigenvalue weighted by Gasteiger charge is 2.55. The number of nitrogens with one attached hydrogen (secondary N) is 1. The molecule has 1 fully saturated rings. The van der Waals surface area contributed by atoms with Crippen LogP contribution in [0.4, 0.5) is 13.2 Å². The number of hydrogen-bond donors (Lipinski definition) is 3. The average molecular weight is 422 g/mol. The second-order valence-corrected chi connectivity index (χ2v) is 7.30. The van der Waals surface area contributed by atoms with E-state index >= 15 is 0 Å². The molecule has 0 heterocycles. The van der Waals surface area contributed by atoms with Gasteiger partial charge in [-0.2, -0.15) is 13.2 Å². The van der Waals surface area contributed by atoms with Crippen LogP contribution in [-0.2, 0) is 22.3 Å². The Morgan fingerprint density at radius 2 is 1.83 bits per heavy atom. The van der Waals surface area contributed by atoms with Crippen LogP contribution in [0.1, 0.15) is 42.6 Å². The number of amides is 2. The van der Waals surface area contributed by atoms with Gasteiger partial charge in [-0.15, -0.1) is 0 Å². The number of halogens is 3. The Kier molecular flexibility index (Phi) is 5.76. The predicted octanol–water partition coefficient (Wildman–Crippen LogP) is 3.43. The molecular formula is C21H21F3N2O4. The molecule has 1 saturated carbocycles. The third-order valence-electron chi connectivity index (χ3n) is 5.05. The second kappa shape index (κ2) is 7.98. The van der Waals surface area contributed by atoms with Gasteiger partial charge in [0.15, 0.2) is 0 Å². The number of ether oxygens (including phenoxy) is 1. The van der Waals surface area contributed by atoms with Crippen LogP contribution in [0.15, 0.2) is 42.5 Å². The van der Waals surface area contributed by atoms with Gasteiger partial charge in [0.25, 0.3) is 0 Å². The predicted molar refractivity (Wildman–Crippen MR) is 101 cm³/mol. The molecular weight excluding hydrogens is 401 g/mol. The number of primary amides is 1. The fraction of sp³-hybridized carbons (Fsp3) is 0.333. The van der Waals surface area contributed by atoms with Gasteiger partial charge < -0.3 is 20.9 Å².